The molecule has 0 saturated carbocycles. The van der Waals surface area contributed by atoms with E-state index in [0.717, 1.165) is 15.3 Å². The molecule has 0 N–H and O–H groups in total. The number of rotatable bonds is 5. The number of halogens is 1. The molecule has 7 nitrogen and oxygen atoms in total. The van der Waals surface area contributed by atoms with Gasteiger partial charge in [-0.25, -0.2) is 4.79 Å². The fraction of sp³-hybridized carbons (Fsp3) is 0.400. The Kier molecular flexibility index (Phi) is 4.43. The van der Waals surface area contributed by atoms with Crippen molar-refractivity contribution in [3.8, 4) is 0 Å². The van der Waals surface area contributed by atoms with Gasteiger partial charge in [0.1, 0.15) is 0 Å². The molecule has 1 rings (SSSR count). The molecule has 0 spiro atoms. The first kappa shape index (κ1) is 14.2. The molecular weight excluding hydrogens is 262 g/mol. The summed E-state index contributed by atoms with van der Waals surface area (Å²) in [6.45, 7) is 5.33. The Morgan fingerprint density at radius 1 is 1.56 bits per heavy atom. The Bertz CT molecular complexity index is 602. The molecule has 1 aromatic heterocycles. The molecule has 0 radical (unpaired) electrons. The first-order valence-corrected chi connectivity index (χ1v) is 5.67. The van der Waals surface area contributed by atoms with Crippen molar-refractivity contribution in [2.24, 2.45) is 0 Å². The molecule has 1 aromatic rings. The summed E-state index contributed by atoms with van der Waals surface area (Å²) in [4.78, 5) is 33.6. The van der Waals surface area contributed by atoms with E-state index in [1.807, 2.05) is 0 Å². The van der Waals surface area contributed by atoms with Gasteiger partial charge in [0.15, 0.2) is 0 Å². The number of nitrogens with zero attached hydrogens (tertiary/aromatic N) is 3. The summed E-state index contributed by atoms with van der Waals surface area (Å²) in [7, 11) is 0. The van der Waals surface area contributed by atoms with E-state index < -0.39 is 21.9 Å². The lowest BCUT2D eigenvalue weighted by Crippen LogP contribution is -2.40. The van der Waals surface area contributed by atoms with Gasteiger partial charge in [-0.05, 0) is 12.5 Å². The summed E-state index contributed by atoms with van der Waals surface area (Å²) in [5.41, 5.74) is -1.77. The van der Waals surface area contributed by atoms with Gasteiger partial charge in [0.2, 0.25) is 0 Å². The SMILES string of the molecule is C=C(CCl)Cn1c(=O)c([N+](=O)[O-])cn(CC)c1=O. The maximum Gasteiger partial charge on any atom is 0.350 e. The van der Waals surface area contributed by atoms with Crippen molar-refractivity contribution < 1.29 is 4.92 Å². The summed E-state index contributed by atoms with van der Waals surface area (Å²) < 4.78 is 1.87. The van der Waals surface area contributed by atoms with Gasteiger partial charge in [-0.2, -0.15) is 0 Å². The molecule has 0 aliphatic carbocycles. The molecular formula is C10H12ClN3O4. The highest BCUT2D eigenvalue weighted by Gasteiger charge is 2.19. The average Bonchev–Trinajstić information content (AvgIpc) is 2.33. The number of alkyl halides is 1. The highest BCUT2D eigenvalue weighted by atomic mass is 35.5. The van der Waals surface area contributed by atoms with E-state index in [-0.39, 0.29) is 19.0 Å². The Balaban J connectivity index is 3.52. The fourth-order valence-electron chi connectivity index (χ4n) is 1.40. The van der Waals surface area contributed by atoms with E-state index in [4.69, 9.17) is 11.6 Å². The summed E-state index contributed by atoms with van der Waals surface area (Å²) >= 11 is 5.52. The van der Waals surface area contributed by atoms with Crippen LogP contribution in [0.4, 0.5) is 5.69 Å². The van der Waals surface area contributed by atoms with E-state index in [1.54, 1.807) is 6.92 Å². The van der Waals surface area contributed by atoms with Crippen molar-refractivity contribution in [2.45, 2.75) is 20.0 Å². The van der Waals surface area contributed by atoms with Gasteiger partial charge in [0.05, 0.1) is 17.7 Å². The summed E-state index contributed by atoms with van der Waals surface area (Å²) in [5.74, 6) is 0.0701. The van der Waals surface area contributed by atoms with Gasteiger partial charge in [0.25, 0.3) is 0 Å². The highest BCUT2D eigenvalue weighted by Crippen LogP contribution is 2.02. The Labute approximate surface area is 107 Å². The van der Waals surface area contributed by atoms with Crippen LogP contribution < -0.4 is 11.2 Å². The van der Waals surface area contributed by atoms with Crippen molar-refractivity contribution in [1.29, 1.82) is 0 Å². The van der Waals surface area contributed by atoms with Crippen LogP contribution in [0.3, 0.4) is 0 Å². The molecule has 0 aliphatic rings. The minimum Gasteiger partial charge on any atom is -0.294 e. The van der Waals surface area contributed by atoms with Crippen molar-refractivity contribution in [3.05, 3.63) is 49.3 Å². The summed E-state index contributed by atoms with van der Waals surface area (Å²) in [5, 5.41) is 10.7. The molecule has 0 atom stereocenters. The molecule has 0 saturated heterocycles. The summed E-state index contributed by atoms with van der Waals surface area (Å²) in [6.07, 6.45) is 0.949. The first-order chi connectivity index (χ1) is 8.42. The largest absolute Gasteiger partial charge is 0.350 e. The van der Waals surface area contributed by atoms with E-state index in [9.17, 15) is 19.7 Å². The third kappa shape index (κ3) is 2.67. The van der Waals surface area contributed by atoms with E-state index in [1.165, 1.54) is 0 Å². The highest BCUT2D eigenvalue weighted by molar-refractivity contribution is 6.19. The lowest BCUT2D eigenvalue weighted by atomic mass is 10.3. The van der Waals surface area contributed by atoms with Gasteiger partial charge < -0.3 is 0 Å². The van der Waals surface area contributed by atoms with Crippen LogP contribution in [0.5, 0.6) is 0 Å². The van der Waals surface area contributed by atoms with Gasteiger partial charge >= 0.3 is 16.9 Å². The first-order valence-electron chi connectivity index (χ1n) is 5.13. The topological polar surface area (TPSA) is 87.1 Å². The van der Waals surface area contributed by atoms with Crippen LogP contribution >= 0.6 is 11.6 Å². The van der Waals surface area contributed by atoms with Crippen LogP contribution in [-0.2, 0) is 13.1 Å². The third-order valence-electron chi connectivity index (χ3n) is 2.33. The van der Waals surface area contributed by atoms with E-state index in [2.05, 4.69) is 6.58 Å². The van der Waals surface area contributed by atoms with Gasteiger partial charge in [-0.3, -0.25) is 24.0 Å². The quantitative estimate of drug-likeness (QED) is 0.342. The standard InChI is InChI=1S/C10H12ClN3O4/c1-3-12-6-8(14(17)18)9(15)13(10(12)16)5-7(2)4-11/h6H,2-5H2,1H3. The lowest BCUT2D eigenvalue weighted by molar-refractivity contribution is -0.387. The van der Waals surface area contributed by atoms with E-state index in [0.29, 0.717) is 5.57 Å². The van der Waals surface area contributed by atoms with Crippen LogP contribution in [0.25, 0.3) is 0 Å². The van der Waals surface area contributed by atoms with Crippen LogP contribution in [0.2, 0.25) is 0 Å². The lowest BCUT2D eigenvalue weighted by Gasteiger charge is -2.08. The molecule has 0 aromatic carbocycles. The van der Waals surface area contributed by atoms with Crippen LogP contribution in [0.15, 0.2) is 27.9 Å². The monoisotopic (exact) mass is 273 g/mol. The second kappa shape index (κ2) is 5.63. The maximum atomic E-state index is 11.9. The number of aromatic nitrogens is 2. The molecule has 0 fully saturated rings. The molecule has 0 aliphatic heterocycles. The van der Waals surface area contributed by atoms with Gasteiger partial charge in [-0.15, -0.1) is 11.6 Å². The molecule has 8 heteroatoms. The second-order valence-electron chi connectivity index (χ2n) is 3.61. The minimum absolute atomic E-state index is 0.0701. The van der Waals surface area contributed by atoms with Crippen molar-refractivity contribution >= 4 is 17.3 Å². The van der Waals surface area contributed by atoms with Crippen LogP contribution in [0, 0.1) is 10.1 Å². The Morgan fingerprint density at radius 2 is 2.17 bits per heavy atom. The Morgan fingerprint density at radius 3 is 2.61 bits per heavy atom. The fourth-order valence-corrected chi connectivity index (χ4v) is 1.48. The normalized spacial score (nSPS) is 10.3. The van der Waals surface area contributed by atoms with Crippen LogP contribution in [0.1, 0.15) is 6.92 Å². The van der Waals surface area contributed by atoms with Crippen molar-refractivity contribution in [2.75, 3.05) is 5.88 Å². The molecule has 0 amide bonds. The Hall–Kier alpha value is -1.89. The molecule has 0 unspecified atom stereocenters. The molecule has 0 bridgehead atoms. The molecule has 18 heavy (non-hydrogen) atoms. The zero-order chi connectivity index (χ0) is 13.9. The van der Waals surface area contributed by atoms with Crippen molar-refractivity contribution in [3.63, 3.8) is 0 Å². The number of hydrogen-bond donors (Lipinski definition) is 0. The number of nitro groups is 1. The second-order valence-corrected chi connectivity index (χ2v) is 3.88. The van der Waals surface area contributed by atoms with Crippen LogP contribution in [-0.4, -0.2) is 19.9 Å². The maximum absolute atomic E-state index is 11.9. The number of aryl methyl sites for hydroxylation is 1. The van der Waals surface area contributed by atoms with E-state index >= 15 is 0 Å². The summed E-state index contributed by atoms with van der Waals surface area (Å²) in [6, 6.07) is 0. The number of hydrogen-bond acceptors (Lipinski definition) is 4. The average molecular weight is 274 g/mol. The van der Waals surface area contributed by atoms with Gasteiger partial charge in [-0.1, -0.05) is 6.58 Å². The third-order valence-corrected chi connectivity index (χ3v) is 2.71. The smallest absolute Gasteiger partial charge is 0.294 e. The van der Waals surface area contributed by atoms with Crippen molar-refractivity contribution in [1.82, 2.24) is 9.13 Å². The predicted molar refractivity (Wildman–Crippen MR) is 67.2 cm³/mol. The molecule has 98 valence electrons. The van der Waals surface area contributed by atoms with Gasteiger partial charge in [0, 0.05) is 12.4 Å². The zero-order valence-corrected chi connectivity index (χ0v) is 10.5. The molecule has 1 heterocycles. The predicted octanol–water partition coefficient (Wildman–Crippen LogP) is 0.733. The minimum atomic E-state index is -0.944. The number of allylic oxidation sites excluding steroid dienone is 1. The zero-order valence-electron chi connectivity index (χ0n) is 9.76.